The van der Waals surface area contributed by atoms with Crippen LogP contribution in [-0.4, -0.2) is 50.3 Å². The molecular formula is C21H25ClN4O2S2. The first-order valence-corrected chi connectivity index (χ1v) is 12.1. The SMILES string of the molecule is CN(C)C[C@H](Nc1ccc(S(=O)(=O)N(C)Cc2nccs2)c(Cl)c1)c1ccccc1. The molecule has 0 aliphatic rings. The summed E-state index contributed by atoms with van der Waals surface area (Å²) >= 11 is 7.82. The molecule has 1 atom stereocenters. The predicted molar refractivity (Wildman–Crippen MR) is 124 cm³/mol. The normalized spacial score (nSPS) is 13.0. The summed E-state index contributed by atoms with van der Waals surface area (Å²) in [5.74, 6) is 0. The minimum absolute atomic E-state index is 0.0345. The number of hydrogen-bond acceptors (Lipinski definition) is 6. The van der Waals surface area contributed by atoms with Crippen molar-refractivity contribution in [3.8, 4) is 0 Å². The second-order valence-electron chi connectivity index (χ2n) is 7.20. The van der Waals surface area contributed by atoms with E-state index in [1.54, 1.807) is 24.4 Å². The zero-order chi connectivity index (χ0) is 21.7. The molecule has 0 aliphatic carbocycles. The number of aromatic nitrogens is 1. The van der Waals surface area contributed by atoms with Crippen LogP contribution in [0.4, 0.5) is 5.69 Å². The molecule has 3 aromatic rings. The monoisotopic (exact) mass is 464 g/mol. The average molecular weight is 465 g/mol. The molecule has 160 valence electrons. The van der Waals surface area contributed by atoms with Crippen molar-refractivity contribution in [1.82, 2.24) is 14.2 Å². The van der Waals surface area contributed by atoms with Crippen molar-refractivity contribution in [3.05, 3.63) is 75.7 Å². The molecule has 30 heavy (non-hydrogen) atoms. The molecule has 0 unspecified atom stereocenters. The van der Waals surface area contributed by atoms with Gasteiger partial charge in [0, 0.05) is 30.9 Å². The summed E-state index contributed by atoms with van der Waals surface area (Å²) in [5.41, 5.74) is 1.90. The smallest absolute Gasteiger partial charge is 0.244 e. The van der Waals surface area contributed by atoms with Gasteiger partial charge >= 0.3 is 0 Å². The molecule has 0 fully saturated rings. The zero-order valence-electron chi connectivity index (χ0n) is 17.1. The Balaban J connectivity index is 1.81. The van der Waals surface area contributed by atoms with Crippen molar-refractivity contribution in [3.63, 3.8) is 0 Å². The molecule has 6 nitrogen and oxygen atoms in total. The van der Waals surface area contributed by atoms with Crippen LogP contribution in [0.15, 0.2) is 65.0 Å². The van der Waals surface area contributed by atoms with Gasteiger partial charge in [-0.05, 0) is 37.9 Å². The number of benzene rings is 2. The van der Waals surface area contributed by atoms with E-state index in [-0.39, 0.29) is 22.5 Å². The highest BCUT2D eigenvalue weighted by molar-refractivity contribution is 7.89. The van der Waals surface area contributed by atoms with Gasteiger partial charge in [0.1, 0.15) is 9.90 Å². The van der Waals surface area contributed by atoms with E-state index in [1.807, 2.05) is 37.7 Å². The highest BCUT2D eigenvalue weighted by atomic mass is 35.5. The van der Waals surface area contributed by atoms with Crippen molar-refractivity contribution in [2.24, 2.45) is 0 Å². The van der Waals surface area contributed by atoms with Crippen LogP contribution in [0.3, 0.4) is 0 Å². The third-order valence-electron chi connectivity index (χ3n) is 4.55. The van der Waals surface area contributed by atoms with Crippen molar-refractivity contribution < 1.29 is 8.42 Å². The zero-order valence-corrected chi connectivity index (χ0v) is 19.5. The molecule has 0 radical (unpaired) electrons. The molecule has 0 amide bonds. The predicted octanol–water partition coefficient (Wildman–Crippen LogP) is 4.33. The quantitative estimate of drug-likeness (QED) is 0.510. The van der Waals surface area contributed by atoms with Crippen LogP contribution < -0.4 is 5.32 Å². The summed E-state index contributed by atoms with van der Waals surface area (Å²) in [4.78, 5) is 6.33. The van der Waals surface area contributed by atoms with E-state index in [2.05, 4.69) is 27.3 Å². The molecule has 0 aliphatic heterocycles. The summed E-state index contributed by atoms with van der Waals surface area (Å²) in [5, 5.41) is 6.20. The highest BCUT2D eigenvalue weighted by Gasteiger charge is 2.25. The van der Waals surface area contributed by atoms with Crippen LogP contribution in [0.1, 0.15) is 16.6 Å². The number of nitrogens with zero attached hydrogens (tertiary/aromatic N) is 3. The number of likely N-dealkylation sites (N-methyl/N-ethyl adjacent to an activating group) is 1. The van der Waals surface area contributed by atoms with Crippen molar-refractivity contribution in [2.45, 2.75) is 17.5 Å². The third kappa shape index (κ3) is 5.59. The topological polar surface area (TPSA) is 65.5 Å². The second kappa shape index (κ2) is 9.89. The van der Waals surface area contributed by atoms with Crippen LogP contribution >= 0.6 is 22.9 Å². The van der Waals surface area contributed by atoms with Crippen LogP contribution in [0.2, 0.25) is 5.02 Å². The van der Waals surface area contributed by atoms with E-state index in [1.165, 1.54) is 22.7 Å². The number of thiazole rings is 1. The minimum atomic E-state index is -3.73. The molecule has 1 aromatic heterocycles. The van der Waals surface area contributed by atoms with Crippen molar-refractivity contribution in [1.29, 1.82) is 0 Å². The summed E-state index contributed by atoms with van der Waals surface area (Å²) < 4.78 is 27.2. The molecule has 0 saturated carbocycles. The van der Waals surface area contributed by atoms with Gasteiger partial charge in [-0.15, -0.1) is 11.3 Å². The maximum atomic E-state index is 13.0. The highest BCUT2D eigenvalue weighted by Crippen LogP contribution is 2.30. The van der Waals surface area contributed by atoms with E-state index in [9.17, 15) is 8.42 Å². The largest absolute Gasteiger partial charge is 0.377 e. The lowest BCUT2D eigenvalue weighted by atomic mass is 10.1. The van der Waals surface area contributed by atoms with Gasteiger partial charge in [0.15, 0.2) is 0 Å². The van der Waals surface area contributed by atoms with Crippen LogP contribution in [0, 0.1) is 0 Å². The first-order valence-electron chi connectivity index (χ1n) is 9.38. The van der Waals surface area contributed by atoms with E-state index in [0.717, 1.165) is 22.8 Å². The number of halogens is 1. The molecule has 3 rings (SSSR count). The molecule has 0 bridgehead atoms. The Kier molecular flexibility index (Phi) is 7.49. The Morgan fingerprint density at radius 1 is 1.13 bits per heavy atom. The first kappa shape index (κ1) is 22.7. The van der Waals surface area contributed by atoms with Crippen LogP contribution in [-0.2, 0) is 16.6 Å². The Morgan fingerprint density at radius 2 is 1.87 bits per heavy atom. The van der Waals surface area contributed by atoms with Gasteiger partial charge in [0.2, 0.25) is 10.0 Å². The maximum absolute atomic E-state index is 13.0. The lowest BCUT2D eigenvalue weighted by Gasteiger charge is -2.24. The minimum Gasteiger partial charge on any atom is -0.377 e. The number of sulfonamides is 1. The standard InChI is InChI=1S/C21H25ClN4O2S2/c1-25(2)14-19(16-7-5-4-6-8-16)24-17-9-10-20(18(22)13-17)30(27,28)26(3)15-21-23-11-12-29-21/h4-13,19,24H,14-15H2,1-3H3/t19-/m0/s1. The number of hydrogen-bond donors (Lipinski definition) is 1. The lowest BCUT2D eigenvalue weighted by molar-refractivity contribution is 0.387. The summed E-state index contributed by atoms with van der Waals surface area (Å²) in [7, 11) is 1.82. The Labute approximate surface area is 187 Å². The molecular weight excluding hydrogens is 440 g/mol. The van der Waals surface area contributed by atoms with Gasteiger partial charge in [0.25, 0.3) is 0 Å². The summed E-state index contributed by atoms with van der Waals surface area (Å²) in [6.45, 7) is 0.980. The maximum Gasteiger partial charge on any atom is 0.244 e. The van der Waals surface area contributed by atoms with Crippen LogP contribution in [0.5, 0.6) is 0 Å². The molecule has 1 heterocycles. The first-order chi connectivity index (χ1) is 14.3. The van der Waals surface area contributed by atoms with E-state index in [0.29, 0.717) is 0 Å². The molecule has 0 spiro atoms. The van der Waals surface area contributed by atoms with Crippen molar-refractivity contribution in [2.75, 3.05) is 33.0 Å². The summed E-state index contributed by atoms with van der Waals surface area (Å²) in [6, 6.07) is 15.1. The second-order valence-corrected chi connectivity index (χ2v) is 10.6. The van der Waals surface area contributed by atoms with Gasteiger partial charge in [-0.25, -0.2) is 13.4 Å². The molecule has 0 saturated heterocycles. The van der Waals surface area contributed by atoms with Gasteiger partial charge in [0.05, 0.1) is 17.6 Å². The fourth-order valence-corrected chi connectivity index (χ4v) is 5.46. The Morgan fingerprint density at radius 3 is 2.47 bits per heavy atom. The molecule has 9 heteroatoms. The molecule has 2 aromatic carbocycles. The molecule has 1 N–H and O–H groups in total. The fourth-order valence-electron chi connectivity index (χ4n) is 3.06. The van der Waals surface area contributed by atoms with Gasteiger partial charge in [-0.2, -0.15) is 4.31 Å². The Bertz CT molecular complexity index is 1060. The van der Waals surface area contributed by atoms with E-state index in [4.69, 9.17) is 11.6 Å². The van der Waals surface area contributed by atoms with Crippen molar-refractivity contribution >= 4 is 38.6 Å². The van der Waals surface area contributed by atoms with Gasteiger partial charge in [-0.1, -0.05) is 41.9 Å². The lowest BCUT2D eigenvalue weighted by Crippen LogP contribution is -2.27. The Hall–Kier alpha value is -1.97. The van der Waals surface area contributed by atoms with E-state index < -0.39 is 10.0 Å². The van der Waals surface area contributed by atoms with Crippen LogP contribution in [0.25, 0.3) is 0 Å². The van der Waals surface area contributed by atoms with Gasteiger partial charge < -0.3 is 10.2 Å². The number of nitrogens with one attached hydrogen (secondary N) is 1. The number of rotatable bonds is 9. The number of anilines is 1. The summed E-state index contributed by atoms with van der Waals surface area (Å²) in [6.07, 6.45) is 1.66. The average Bonchev–Trinajstić information content (AvgIpc) is 3.20. The van der Waals surface area contributed by atoms with E-state index >= 15 is 0 Å². The van der Waals surface area contributed by atoms with Gasteiger partial charge in [-0.3, -0.25) is 0 Å². The fraction of sp³-hybridized carbons (Fsp3) is 0.286. The third-order valence-corrected chi connectivity index (χ3v) is 7.60.